The minimum Gasteiger partial charge on any atom is -0.478 e. The average molecular weight is 291 g/mol. The Kier molecular flexibility index (Phi) is 3.98. The summed E-state index contributed by atoms with van der Waals surface area (Å²) in [4.78, 5) is 22.6. The number of halogens is 2. The Hall–Kier alpha value is -2.76. The molecule has 0 saturated carbocycles. The van der Waals surface area contributed by atoms with Crippen molar-refractivity contribution in [2.24, 2.45) is 0 Å². The van der Waals surface area contributed by atoms with Crippen LogP contribution in [0.2, 0.25) is 0 Å². The number of aryl methyl sites for hydroxylation is 1. The SMILES string of the molecule is Cc1cc(F)c(NC(=O)c2ccc(C(=O)O)cc2)cc1F. The standard InChI is InChI=1S/C15H11F2NO3/c1-8-6-12(17)13(7-11(8)16)18-14(19)9-2-4-10(5-3-9)15(20)21/h2-7H,1H3,(H,18,19)(H,20,21). The monoisotopic (exact) mass is 291 g/mol. The van der Waals surface area contributed by atoms with Crippen LogP contribution in [0.4, 0.5) is 14.5 Å². The smallest absolute Gasteiger partial charge is 0.335 e. The first-order chi connectivity index (χ1) is 9.88. The van der Waals surface area contributed by atoms with Crippen LogP contribution in [-0.4, -0.2) is 17.0 Å². The molecule has 2 rings (SSSR count). The summed E-state index contributed by atoms with van der Waals surface area (Å²) in [6.07, 6.45) is 0. The Morgan fingerprint density at radius 1 is 1.00 bits per heavy atom. The molecular weight excluding hydrogens is 280 g/mol. The van der Waals surface area contributed by atoms with E-state index >= 15 is 0 Å². The molecule has 0 fully saturated rings. The van der Waals surface area contributed by atoms with Crippen molar-refractivity contribution < 1.29 is 23.5 Å². The van der Waals surface area contributed by atoms with Gasteiger partial charge in [-0.2, -0.15) is 0 Å². The molecule has 0 saturated heterocycles. The molecule has 0 heterocycles. The van der Waals surface area contributed by atoms with Gasteiger partial charge in [0.1, 0.15) is 11.6 Å². The number of carbonyl (C=O) groups excluding carboxylic acids is 1. The molecule has 21 heavy (non-hydrogen) atoms. The van der Waals surface area contributed by atoms with Crippen LogP contribution < -0.4 is 5.32 Å². The zero-order valence-electron chi connectivity index (χ0n) is 11.0. The van der Waals surface area contributed by atoms with Crippen LogP contribution >= 0.6 is 0 Å². The van der Waals surface area contributed by atoms with Gasteiger partial charge < -0.3 is 10.4 Å². The van der Waals surface area contributed by atoms with Crippen LogP contribution in [-0.2, 0) is 0 Å². The van der Waals surface area contributed by atoms with E-state index in [9.17, 15) is 18.4 Å². The van der Waals surface area contributed by atoms with Crippen molar-refractivity contribution in [2.45, 2.75) is 6.92 Å². The number of anilines is 1. The number of hydrogen-bond donors (Lipinski definition) is 2. The predicted molar refractivity (Wildman–Crippen MR) is 72.4 cm³/mol. The van der Waals surface area contributed by atoms with E-state index in [0.29, 0.717) is 0 Å². The number of rotatable bonds is 3. The van der Waals surface area contributed by atoms with Crippen LogP contribution in [0.1, 0.15) is 26.3 Å². The molecule has 2 N–H and O–H groups in total. The summed E-state index contributed by atoms with van der Waals surface area (Å²) in [6, 6.07) is 6.97. The molecule has 0 aromatic heterocycles. The number of carboxylic acid groups (broad SMARTS) is 1. The fourth-order valence-corrected chi connectivity index (χ4v) is 1.70. The summed E-state index contributed by atoms with van der Waals surface area (Å²) in [5, 5.41) is 11.0. The molecule has 108 valence electrons. The van der Waals surface area contributed by atoms with E-state index in [-0.39, 0.29) is 22.4 Å². The number of hydrogen-bond acceptors (Lipinski definition) is 2. The van der Waals surface area contributed by atoms with E-state index in [2.05, 4.69) is 5.32 Å². The Balaban J connectivity index is 2.22. The Bertz CT molecular complexity index is 712. The highest BCUT2D eigenvalue weighted by Gasteiger charge is 2.12. The van der Waals surface area contributed by atoms with Gasteiger partial charge in [0.2, 0.25) is 0 Å². The third-order valence-corrected chi connectivity index (χ3v) is 2.89. The van der Waals surface area contributed by atoms with Crippen LogP contribution in [0.3, 0.4) is 0 Å². The van der Waals surface area contributed by atoms with Crippen LogP contribution in [0.25, 0.3) is 0 Å². The first-order valence-electron chi connectivity index (χ1n) is 5.99. The molecule has 1 amide bonds. The number of nitrogens with one attached hydrogen (secondary N) is 1. The van der Waals surface area contributed by atoms with Gasteiger partial charge in [-0.1, -0.05) is 0 Å². The summed E-state index contributed by atoms with van der Waals surface area (Å²) in [7, 11) is 0. The van der Waals surface area contributed by atoms with Crippen molar-refractivity contribution >= 4 is 17.6 Å². The second-order valence-electron chi connectivity index (χ2n) is 4.42. The zero-order valence-corrected chi connectivity index (χ0v) is 11.0. The van der Waals surface area contributed by atoms with Crippen molar-refractivity contribution in [1.82, 2.24) is 0 Å². The van der Waals surface area contributed by atoms with Gasteiger partial charge in [-0.25, -0.2) is 13.6 Å². The molecule has 0 aliphatic heterocycles. The first kappa shape index (κ1) is 14.6. The number of carbonyl (C=O) groups is 2. The number of aromatic carboxylic acids is 1. The largest absolute Gasteiger partial charge is 0.478 e. The topological polar surface area (TPSA) is 66.4 Å². The van der Waals surface area contributed by atoms with Crippen molar-refractivity contribution in [1.29, 1.82) is 0 Å². The van der Waals surface area contributed by atoms with Gasteiger partial charge in [-0.15, -0.1) is 0 Å². The number of benzene rings is 2. The van der Waals surface area contributed by atoms with Crippen molar-refractivity contribution in [3.05, 3.63) is 64.7 Å². The normalized spacial score (nSPS) is 10.2. The summed E-state index contributed by atoms with van der Waals surface area (Å²) in [5.74, 6) is -3.15. The molecule has 2 aromatic carbocycles. The van der Waals surface area contributed by atoms with E-state index in [0.717, 1.165) is 12.1 Å². The predicted octanol–water partition coefficient (Wildman–Crippen LogP) is 3.22. The van der Waals surface area contributed by atoms with Gasteiger partial charge in [-0.05, 0) is 42.8 Å². The zero-order chi connectivity index (χ0) is 15.6. The maximum absolute atomic E-state index is 13.6. The lowest BCUT2D eigenvalue weighted by molar-refractivity contribution is 0.0696. The van der Waals surface area contributed by atoms with Crippen molar-refractivity contribution in [2.75, 3.05) is 5.32 Å². The summed E-state index contributed by atoms with van der Waals surface area (Å²) >= 11 is 0. The van der Waals surface area contributed by atoms with Crippen LogP contribution in [0.15, 0.2) is 36.4 Å². The minimum absolute atomic E-state index is 0.0270. The van der Waals surface area contributed by atoms with E-state index in [4.69, 9.17) is 5.11 Å². The Morgan fingerprint density at radius 3 is 2.14 bits per heavy atom. The average Bonchev–Trinajstić information content (AvgIpc) is 2.44. The van der Waals surface area contributed by atoms with Crippen LogP contribution in [0.5, 0.6) is 0 Å². The molecule has 0 atom stereocenters. The van der Waals surface area contributed by atoms with E-state index in [1.54, 1.807) is 0 Å². The van der Waals surface area contributed by atoms with Gasteiger partial charge in [0.15, 0.2) is 0 Å². The lowest BCUT2D eigenvalue weighted by Gasteiger charge is -2.08. The molecule has 0 bridgehead atoms. The van der Waals surface area contributed by atoms with Crippen molar-refractivity contribution in [3.63, 3.8) is 0 Å². The summed E-state index contributed by atoms with van der Waals surface area (Å²) in [5.41, 5.74) is 0.0289. The maximum atomic E-state index is 13.6. The molecule has 0 aliphatic rings. The second kappa shape index (κ2) is 5.70. The Morgan fingerprint density at radius 2 is 1.57 bits per heavy atom. The second-order valence-corrected chi connectivity index (χ2v) is 4.42. The molecule has 0 radical (unpaired) electrons. The summed E-state index contributed by atoms with van der Waals surface area (Å²) < 4.78 is 27.0. The van der Waals surface area contributed by atoms with Crippen LogP contribution in [0, 0.1) is 18.6 Å². The van der Waals surface area contributed by atoms with Gasteiger partial charge in [0.25, 0.3) is 5.91 Å². The molecular formula is C15H11F2NO3. The van der Waals surface area contributed by atoms with E-state index in [1.807, 2.05) is 0 Å². The molecule has 0 spiro atoms. The van der Waals surface area contributed by atoms with Gasteiger partial charge >= 0.3 is 5.97 Å². The fraction of sp³-hybridized carbons (Fsp3) is 0.0667. The molecule has 6 heteroatoms. The number of amides is 1. The molecule has 0 unspecified atom stereocenters. The minimum atomic E-state index is -1.12. The highest BCUT2D eigenvalue weighted by atomic mass is 19.1. The van der Waals surface area contributed by atoms with Gasteiger partial charge in [0, 0.05) is 11.6 Å². The molecule has 0 aliphatic carbocycles. The number of carboxylic acids is 1. The summed E-state index contributed by atoms with van der Waals surface area (Å²) in [6.45, 7) is 1.41. The fourth-order valence-electron chi connectivity index (χ4n) is 1.70. The van der Waals surface area contributed by atoms with E-state index < -0.39 is 23.5 Å². The van der Waals surface area contributed by atoms with Crippen molar-refractivity contribution in [3.8, 4) is 0 Å². The van der Waals surface area contributed by atoms with Gasteiger partial charge in [0.05, 0.1) is 11.3 Å². The first-order valence-corrected chi connectivity index (χ1v) is 5.99. The molecule has 2 aromatic rings. The molecule has 4 nitrogen and oxygen atoms in total. The third kappa shape index (κ3) is 3.22. The lowest BCUT2D eigenvalue weighted by Crippen LogP contribution is -2.13. The maximum Gasteiger partial charge on any atom is 0.335 e. The quantitative estimate of drug-likeness (QED) is 0.912. The third-order valence-electron chi connectivity index (χ3n) is 2.89. The van der Waals surface area contributed by atoms with Gasteiger partial charge in [-0.3, -0.25) is 4.79 Å². The highest BCUT2D eigenvalue weighted by molar-refractivity contribution is 6.04. The highest BCUT2D eigenvalue weighted by Crippen LogP contribution is 2.19. The van der Waals surface area contributed by atoms with E-state index in [1.165, 1.54) is 31.2 Å². The lowest BCUT2D eigenvalue weighted by atomic mass is 10.1. The Labute approximate surface area is 119 Å².